The predicted octanol–water partition coefficient (Wildman–Crippen LogP) is 10.2. The molecule has 2 unspecified atom stereocenters. The summed E-state index contributed by atoms with van der Waals surface area (Å²) in [6, 6.07) is 16.4. The number of benzene rings is 2. The van der Waals surface area contributed by atoms with Crippen molar-refractivity contribution in [3.63, 3.8) is 0 Å². The third-order valence-corrected chi connectivity index (χ3v) is 52.8. The number of unbranched alkanes of at least 4 members (excludes halogenated alkanes) is 1. The quantitative estimate of drug-likeness (QED) is 0.185. The molecule has 190 valence electrons. The topological polar surface area (TPSA) is 0 Å². The summed E-state index contributed by atoms with van der Waals surface area (Å²) in [5.41, 5.74) is 13.8. The Balaban J connectivity index is 1.59. The van der Waals surface area contributed by atoms with Gasteiger partial charge in [0.1, 0.15) is 0 Å². The van der Waals surface area contributed by atoms with Crippen molar-refractivity contribution in [3.8, 4) is 0 Å². The van der Waals surface area contributed by atoms with Crippen LogP contribution in [-0.4, -0.2) is 6.22 Å². The van der Waals surface area contributed by atoms with Crippen LogP contribution in [0.3, 0.4) is 0 Å². The summed E-state index contributed by atoms with van der Waals surface area (Å²) < 4.78 is 7.40. The van der Waals surface area contributed by atoms with Gasteiger partial charge in [0.2, 0.25) is 0 Å². The number of hydrogen-bond donors (Lipinski definition) is 0. The molecular formula is C34H46HfSi. The van der Waals surface area contributed by atoms with Gasteiger partial charge in [0.05, 0.1) is 0 Å². The molecular weight excluding hydrogens is 615 g/mol. The van der Waals surface area contributed by atoms with E-state index in [0.717, 1.165) is 19.2 Å². The van der Waals surface area contributed by atoms with E-state index in [1.165, 1.54) is 57.4 Å². The van der Waals surface area contributed by atoms with Gasteiger partial charge >= 0.3 is 223 Å². The Kier molecular flexibility index (Phi) is 6.56. The molecule has 4 aliphatic rings. The summed E-state index contributed by atoms with van der Waals surface area (Å²) in [6.45, 7) is 7.29. The van der Waals surface area contributed by atoms with Crippen molar-refractivity contribution >= 4 is 18.4 Å². The molecule has 4 aliphatic carbocycles. The zero-order chi connectivity index (χ0) is 25.1. The van der Waals surface area contributed by atoms with E-state index in [2.05, 4.69) is 78.7 Å². The zero-order valence-electron chi connectivity index (χ0n) is 23.4. The van der Waals surface area contributed by atoms with Crippen LogP contribution in [0.25, 0.3) is 12.2 Å². The van der Waals surface area contributed by atoms with Crippen LogP contribution in [0.2, 0.25) is 15.4 Å². The molecule has 36 heavy (non-hydrogen) atoms. The molecule has 0 aromatic heterocycles. The first-order chi connectivity index (χ1) is 17.4. The molecule has 0 spiro atoms. The summed E-state index contributed by atoms with van der Waals surface area (Å²) in [4.78, 5) is 0. The Hall–Kier alpha value is -0.993. The van der Waals surface area contributed by atoms with Crippen LogP contribution in [0.1, 0.15) is 125 Å². The van der Waals surface area contributed by atoms with E-state index in [9.17, 15) is 0 Å². The summed E-state index contributed by atoms with van der Waals surface area (Å²) in [5, 5.41) is 0. The fraction of sp³-hybridized carbons (Fsp3) is 0.529. The molecule has 0 radical (unpaired) electrons. The molecule has 0 aliphatic heterocycles. The van der Waals surface area contributed by atoms with Crippen molar-refractivity contribution in [2.75, 3.05) is 0 Å². The van der Waals surface area contributed by atoms with Crippen LogP contribution in [0, 0.1) is 0 Å². The van der Waals surface area contributed by atoms with Gasteiger partial charge in [-0.2, -0.15) is 0 Å². The van der Waals surface area contributed by atoms with Crippen LogP contribution in [0.5, 0.6) is 0 Å². The number of fused-ring (bicyclic) bond motifs is 2. The van der Waals surface area contributed by atoms with E-state index in [1.807, 2.05) is 0 Å². The average molecular weight is 661 g/mol. The number of allylic oxidation sites excluding steroid dienone is 2. The molecule has 0 N–H and O–H groups in total. The molecule has 2 saturated carbocycles. The van der Waals surface area contributed by atoms with Gasteiger partial charge in [-0.15, -0.1) is 0 Å². The zero-order valence-corrected chi connectivity index (χ0v) is 28.1. The van der Waals surface area contributed by atoms with E-state index < -0.39 is 17.1 Å². The number of rotatable bonds is 9. The first kappa shape index (κ1) is 25.3. The van der Waals surface area contributed by atoms with Crippen molar-refractivity contribution in [2.24, 2.45) is 0 Å². The molecule has 0 heterocycles. The maximum absolute atomic E-state index is 3.61. The van der Waals surface area contributed by atoms with Gasteiger partial charge in [0.25, 0.3) is 0 Å². The van der Waals surface area contributed by atoms with Crippen molar-refractivity contribution in [2.45, 2.75) is 107 Å². The van der Waals surface area contributed by atoms with Crippen LogP contribution in [0.4, 0.5) is 0 Å². The van der Waals surface area contributed by atoms with Crippen LogP contribution in [0.15, 0.2) is 47.5 Å². The second-order valence-electron chi connectivity index (χ2n) is 13.3. The Morgan fingerprint density at radius 2 is 1.14 bits per heavy atom. The summed E-state index contributed by atoms with van der Waals surface area (Å²) in [5.74, 6) is 1.66. The van der Waals surface area contributed by atoms with Gasteiger partial charge < -0.3 is 0 Å². The summed E-state index contributed by atoms with van der Waals surface area (Å²) in [7, 11) is 0. The van der Waals surface area contributed by atoms with Crippen LogP contribution < -0.4 is 0 Å². The second kappa shape index (κ2) is 9.33. The molecule has 0 amide bonds. The molecule has 2 atom stereocenters. The Labute approximate surface area is 221 Å². The van der Waals surface area contributed by atoms with Crippen molar-refractivity contribution < 1.29 is 17.1 Å². The van der Waals surface area contributed by atoms with Crippen LogP contribution in [-0.2, 0) is 17.1 Å². The number of hydrogen-bond acceptors (Lipinski definition) is 0. The molecule has 2 aromatic carbocycles. The molecule has 0 bridgehead atoms. The van der Waals surface area contributed by atoms with E-state index >= 15 is 0 Å². The maximum atomic E-state index is 2.96. The van der Waals surface area contributed by atoms with Crippen LogP contribution >= 0.6 is 0 Å². The van der Waals surface area contributed by atoms with E-state index in [-0.39, 0.29) is 0 Å². The van der Waals surface area contributed by atoms with E-state index in [1.54, 1.807) is 44.5 Å². The molecule has 2 aromatic rings. The van der Waals surface area contributed by atoms with Gasteiger partial charge in [0.15, 0.2) is 0 Å². The third kappa shape index (κ3) is 3.99. The van der Waals surface area contributed by atoms with Gasteiger partial charge in [-0.05, 0) is 0 Å². The third-order valence-electron chi connectivity index (χ3n) is 10.4. The van der Waals surface area contributed by atoms with Crippen molar-refractivity contribution in [1.29, 1.82) is 0 Å². The van der Waals surface area contributed by atoms with Gasteiger partial charge in [-0.1, -0.05) is 0 Å². The van der Waals surface area contributed by atoms with Crippen molar-refractivity contribution in [1.82, 2.24) is 0 Å². The summed E-state index contributed by atoms with van der Waals surface area (Å²) in [6.07, 6.45) is 16.7. The van der Waals surface area contributed by atoms with Gasteiger partial charge in [-0.25, -0.2) is 0 Å². The minimum absolute atomic E-state index is 0.482. The van der Waals surface area contributed by atoms with Gasteiger partial charge in [0, 0.05) is 0 Å². The first-order valence-corrected chi connectivity index (χ1v) is 34.1. The first-order valence-electron chi connectivity index (χ1n) is 15.1. The minimum atomic E-state index is -3.61. The Morgan fingerprint density at radius 1 is 0.694 bits per heavy atom. The molecule has 0 saturated heterocycles. The predicted molar refractivity (Wildman–Crippen MR) is 157 cm³/mol. The Morgan fingerprint density at radius 3 is 1.53 bits per heavy atom. The van der Waals surface area contributed by atoms with E-state index in [0.29, 0.717) is 6.22 Å². The molecule has 0 nitrogen and oxygen atoms in total. The molecule has 6 rings (SSSR count). The molecule has 2 heteroatoms. The second-order valence-corrected chi connectivity index (χ2v) is 57.4. The monoisotopic (exact) mass is 662 g/mol. The summed E-state index contributed by atoms with van der Waals surface area (Å²) >= 11 is -3.61. The SMILES string of the molecule is CCCC[SiH]=[Hf]([CH3])([CH3])([CH]1C(CC)=Cc2c(C3CC3)cccc21)[CH]1C(CC)=Cc2c(C3CC3)cccc21. The van der Waals surface area contributed by atoms with Crippen molar-refractivity contribution in [3.05, 3.63) is 80.9 Å². The van der Waals surface area contributed by atoms with E-state index in [4.69, 9.17) is 0 Å². The fourth-order valence-corrected chi connectivity index (χ4v) is 54.5. The fourth-order valence-electron chi connectivity index (χ4n) is 8.40. The standard InChI is InChI=1S/2C14H15.C4H10Si.2CH3.Hf/c2*1-2-10-8-12-4-3-5-13(11-6-7-11)14(12)9-10;1-2-3-4-5;;;/h2*3-5,8-9,11H,2,6-7H2,1H3;5H,2-4H2,1H3;2*1H3;. The molecule has 2 fully saturated rings. The normalized spacial score (nSPS) is 23.3. The Bertz CT molecular complexity index is 1230. The average Bonchev–Trinajstić information content (AvgIpc) is 3.81. The van der Waals surface area contributed by atoms with Gasteiger partial charge in [-0.3, -0.25) is 0 Å².